The van der Waals surface area contributed by atoms with Gasteiger partial charge in [-0.3, -0.25) is 9.89 Å². The van der Waals surface area contributed by atoms with Crippen LogP contribution in [0.4, 0.5) is 0 Å². The molecule has 0 saturated heterocycles. The van der Waals surface area contributed by atoms with E-state index in [0.717, 1.165) is 12.0 Å². The number of aromatic nitrogens is 3. The molecule has 0 fully saturated rings. The number of carbonyl (C=O) groups excluding carboxylic acids is 1. The highest BCUT2D eigenvalue weighted by molar-refractivity contribution is 7.99. The average Bonchev–Trinajstić information content (AvgIpc) is 3.19. The second-order valence-electron chi connectivity index (χ2n) is 5.21. The minimum absolute atomic E-state index is 0.105. The van der Waals surface area contributed by atoms with Gasteiger partial charge in [0.25, 0.3) is 0 Å². The number of hydrogen-bond acceptors (Lipinski definition) is 4. The maximum absolute atomic E-state index is 12.4. The van der Waals surface area contributed by atoms with Crippen molar-refractivity contribution in [1.29, 1.82) is 0 Å². The van der Waals surface area contributed by atoms with Crippen LogP contribution in [0.15, 0.2) is 53.9 Å². The number of nitrogens with zero attached hydrogens (tertiary/aromatic N) is 2. The van der Waals surface area contributed by atoms with Crippen LogP contribution in [-0.2, 0) is 6.42 Å². The summed E-state index contributed by atoms with van der Waals surface area (Å²) in [6.07, 6.45) is 2.39. The van der Waals surface area contributed by atoms with Crippen molar-refractivity contribution in [3.8, 4) is 11.1 Å². The Hall–Kier alpha value is -2.40. The van der Waals surface area contributed by atoms with Crippen LogP contribution >= 0.6 is 11.8 Å². The number of nitrogens with one attached hydrogen (secondary N) is 1. The van der Waals surface area contributed by atoms with E-state index in [1.165, 1.54) is 40.3 Å². The fourth-order valence-corrected chi connectivity index (χ4v) is 3.45. The largest absolute Gasteiger partial charge is 0.293 e. The molecule has 1 aromatic heterocycles. The minimum Gasteiger partial charge on any atom is -0.293 e. The zero-order valence-electron chi connectivity index (χ0n) is 11.7. The molecule has 1 heterocycles. The summed E-state index contributed by atoms with van der Waals surface area (Å²) in [5.41, 5.74) is 5.81. The van der Waals surface area contributed by atoms with Gasteiger partial charge in [-0.2, -0.15) is 5.10 Å². The molecule has 0 aliphatic heterocycles. The smallest absolute Gasteiger partial charge is 0.183 e. The number of aromatic amines is 1. The number of ketones is 1. The number of carbonyl (C=O) groups is 1. The topological polar surface area (TPSA) is 58.6 Å². The summed E-state index contributed by atoms with van der Waals surface area (Å²) in [7, 11) is 0. The average molecular weight is 307 g/mol. The Morgan fingerprint density at radius 1 is 1.14 bits per heavy atom. The van der Waals surface area contributed by atoms with Gasteiger partial charge in [0, 0.05) is 5.56 Å². The molecule has 1 N–H and O–H groups in total. The van der Waals surface area contributed by atoms with Gasteiger partial charge >= 0.3 is 0 Å². The van der Waals surface area contributed by atoms with Crippen LogP contribution in [0.1, 0.15) is 21.5 Å². The van der Waals surface area contributed by atoms with Crippen LogP contribution in [0.3, 0.4) is 0 Å². The first-order valence-corrected chi connectivity index (χ1v) is 8.02. The van der Waals surface area contributed by atoms with Crippen molar-refractivity contribution in [2.45, 2.75) is 11.6 Å². The monoisotopic (exact) mass is 307 g/mol. The summed E-state index contributed by atoms with van der Waals surface area (Å²) in [6, 6.07) is 14.4. The third-order valence-corrected chi connectivity index (χ3v) is 4.73. The standard InChI is InChI=1S/C17H13N3OS/c21-16(9-22-17-18-10-19-20-17)13-6-5-12-7-11-3-1-2-4-14(11)15(12)8-13/h1-6,8,10H,7,9H2,(H,18,19,20). The van der Waals surface area contributed by atoms with Gasteiger partial charge in [0.05, 0.1) is 5.75 Å². The number of thioether (sulfide) groups is 1. The number of benzene rings is 2. The third kappa shape index (κ3) is 2.33. The van der Waals surface area contributed by atoms with Crippen LogP contribution < -0.4 is 0 Å². The molecule has 108 valence electrons. The van der Waals surface area contributed by atoms with Gasteiger partial charge in [-0.15, -0.1) is 0 Å². The van der Waals surface area contributed by atoms with Gasteiger partial charge < -0.3 is 0 Å². The first-order chi connectivity index (χ1) is 10.8. The van der Waals surface area contributed by atoms with Crippen molar-refractivity contribution in [3.63, 3.8) is 0 Å². The number of H-pyrrole nitrogens is 1. The molecule has 4 rings (SSSR count). The molecule has 0 bridgehead atoms. The number of fused-ring (bicyclic) bond motifs is 3. The molecule has 4 nitrogen and oxygen atoms in total. The number of rotatable bonds is 4. The van der Waals surface area contributed by atoms with Crippen LogP contribution in [0, 0.1) is 0 Å². The van der Waals surface area contributed by atoms with Gasteiger partial charge in [-0.1, -0.05) is 48.2 Å². The maximum atomic E-state index is 12.4. The van der Waals surface area contributed by atoms with Crippen LogP contribution in [-0.4, -0.2) is 26.7 Å². The van der Waals surface area contributed by atoms with E-state index in [9.17, 15) is 4.79 Å². The first-order valence-electron chi connectivity index (χ1n) is 7.04. The van der Waals surface area contributed by atoms with Gasteiger partial charge in [0.1, 0.15) is 6.33 Å². The minimum atomic E-state index is 0.105. The maximum Gasteiger partial charge on any atom is 0.183 e. The lowest BCUT2D eigenvalue weighted by Gasteiger charge is -2.05. The zero-order chi connectivity index (χ0) is 14.9. The molecule has 3 aromatic rings. The lowest BCUT2D eigenvalue weighted by Crippen LogP contribution is -2.03. The van der Waals surface area contributed by atoms with E-state index in [-0.39, 0.29) is 5.78 Å². The number of hydrogen-bond donors (Lipinski definition) is 1. The molecule has 0 spiro atoms. The van der Waals surface area contributed by atoms with Crippen LogP contribution in [0.2, 0.25) is 0 Å². The van der Waals surface area contributed by atoms with Crippen molar-refractivity contribution < 1.29 is 4.79 Å². The van der Waals surface area contributed by atoms with E-state index in [1.807, 2.05) is 18.2 Å². The fourth-order valence-electron chi connectivity index (χ4n) is 2.78. The summed E-state index contributed by atoms with van der Waals surface area (Å²) in [6.45, 7) is 0. The lowest BCUT2D eigenvalue weighted by molar-refractivity contribution is 0.102. The van der Waals surface area contributed by atoms with E-state index in [2.05, 4.69) is 39.4 Å². The summed E-state index contributed by atoms with van der Waals surface area (Å²) in [5, 5.41) is 7.19. The molecule has 0 saturated carbocycles. The van der Waals surface area contributed by atoms with Gasteiger partial charge in [-0.05, 0) is 34.7 Å². The Bertz CT molecular complexity index is 843. The second kappa shape index (κ2) is 5.42. The molecular weight excluding hydrogens is 294 g/mol. The van der Waals surface area contributed by atoms with E-state index in [0.29, 0.717) is 10.9 Å². The van der Waals surface area contributed by atoms with E-state index >= 15 is 0 Å². The first kappa shape index (κ1) is 13.3. The molecule has 0 radical (unpaired) electrons. The molecule has 1 aliphatic carbocycles. The third-order valence-electron chi connectivity index (χ3n) is 3.85. The quantitative estimate of drug-likeness (QED) is 0.464. The SMILES string of the molecule is O=C(CSc1ncn[nH]1)c1ccc2c(c1)-c1ccccc1C2. The Kier molecular flexibility index (Phi) is 3.27. The van der Waals surface area contributed by atoms with Crippen molar-refractivity contribution in [3.05, 3.63) is 65.5 Å². The molecular formula is C17H13N3OS. The zero-order valence-corrected chi connectivity index (χ0v) is 12.6. The van der Waals surface area contributed by atoms with Crippen molar-refractivity contribution >= 4 is 17.5 Å². The lowest BCUT2D eigenvalue weighted by atomic mass is 10.0. The summed E-state index contributed by atoms with van der Waals surface area (Å²) in [4.78, 5) is 16.4. The molecule has 0 unspecified atom stereocenters. The van der Waals surface area contributed by atoms with Crippen LogP contribution in [0.5, 0.6) is 0 Å². The highest BCUT2D eigenvalue weighted by Crippen LogP contribution is 2.37. The predicted octanol–water partition coefficient (Wildman–Crippen LogP) is 3.35. The van der Waals surface area contributed by atoms with E-state index in [1.54, 1.807) is 0 Å². The molecule has 2 aromatic carbocycles. The Balaban J connectivity index is 1.58. The Morgan fingerprint density at radius 2 is 2.00 bits per heavy atom. The summed E-state index contributed by atoms with van der Waals surface area (Å²) in [5.74, 6) is 0.462. The fraction of sp³-hybridized carbons (Fsp3) is 0.118. The predicted molar refractivity (Wildman–Crippen MR) is 86.1 cm³/mol. The molecule has 0 amide bonds. The number of Topliss-reactive ketones (excluding diaryl/α,β-unsaturated/α-hetero) is 1. The second-order valence-corrected chi connectivity index (χ2v) is 6.17. The van der Waals surface area contributed by atoms with E-state index < -0.39 is 0 Å². The summed E-state index contributed by atoms with van der Waals surface area (Å²) >= 11 is 1.37. The van der Waals surface area contributed by atoms with Gasteiger partial charge in [0.2, 0.25) is 0 Å². The van der Waals surface area contributed by atoms with Crippen molar-refractivity contribution in [2.24, 2.45) is 0 Å². The summed E-state index contributed by atoms with van der Waals surface area (Å²) < 4.78 is 0. The highest BCUT2D eigenvalue weighted by Gasteiger charge is 2.19. The van der Waals surface area contributed by atoms with Crippen molar-refractivity contribution in [2.75, 3.05) is 5.75 Å². The van der Waals surface area contributed by atoms with Crippen molar-refractivity contribution in [1.82, 2.24) is 15.2 Å². The van der Waals surface area contributed by atoms with Gasteiger partial charge in [0.15, 0.2) is 10.9 Å². The normalized spacial score (nSPS) is 12.0. The molecule has 22 heavy (non-hydrogen) atoms. The highest BCUT2D eigenvalue weighted by atomic mass is 32.2. The molecule has 5 heteroatoms. The molecule has 1 aliphatic rings. The van der Waals surface area contributed by atoms with Gasteiger partial charge in [-0.25, -0.2) is 4.98 Å². The molecule has 0 atom stereocenters. The van der Waals surface area contributed by atoms with E-state index in [4.69, 9.17) is 0 Å². The Morgan fingerprint density at radius 3 is 2.86 bits per heavy atom. The Labute approximate surface area is 132 Å². The van der Waals surface area contributed by atoms with Crippen LogP contribution in [0.25, 0.3) is 11.1 Å².